The van der Waals surface area contributed by atoms with Crippen LogP contribution in [0.5, 0.6) is 0 Å². The molecule has 0 bridgehead atoms. The van der Waals surface area contributed by atoms with Gasteiger partial charge in [-0.1, -0.05) is 42.6 Å². The Morgan fingerprint density at radius 1 is 1.29 bits per heavy atom. The lowest BCUT2D eigenvalue weighted by atomic mass is 10.00. The first-order valence-electron chi connectivity index (χ1n) is 9.05. The smallest absolute Gasteiger partial charge is 0.220 e. The molecule has 1 N–H and O–H groups in total. The van der Waals surface area contributed by atoms with Crippen LogP contribution < -0.4 is 5.32 Å². The van der Waals surface area contributed by atoms with Gasteiger partial charge in [0.05, 0.1) is 0 Å². The maximum atomic E-state index is 12.0. The summed E-state index contributed by atoms with van der Waals surface area (Å²) in [6, 6.07) is 6.17. The molecule has 1 fully saturated rings. The fraction of sp³-hybridized carbons (Fsp3) is 0.632. The Labute approximate surface area is 155 Å². The van der Waals surface area contributed by atoms with Crippen LogP contribution in [0.1, 0.15) is 51.0 Å². The molecule has 1 heterocycles. The lowest BCUT2D eigenvalue weighted by molar-refractivity contribution is -0.121. The molecule has 0 spiro atoms. The lowest BCUT2D eigenvalue weighted by Crippen LogP contribution is -2.40. The van der Waals surface area contributed by atoms with Gasteiger partial charge in [-0.2, -0.15) is 0 Å². The molecule has 1 aromatic rings. The standard InChI is InChI=1S/C19H28Cl2N2O/c1-2-15-7-3-4-13-23(15)14-6-12-22-19(24)11-10-16-17(20)8-5-9-18(16)21/h5,8-9,15H,2-4,6-7,10-14H2,1H3,(H,22,24). The van der Waals surface area contributed by atoms with Crippen molar-refractivity contribution in [2.24, 2.45) is 0 Å². The SMILES string of the molecule is CCC1CCCCN1CCCNC(=O)CCc1c(Cl)cccc1Cl. The number of hydrogen-bond acceptors (Lipinski definition) is 2. The Morgan fingerprint density at radius 3 is 2.75 bits per heavy atom. The van der Waals surface area contributed by atoms with Crippen LogP contribution in [-0.4, -0.2) is 36.5 Å². The van der Waals surface area contributed by atoms with Crippen molar-refractivity contribution in [3.63, 3.8) is 0 Å². The van der Waals surface area contributed by atoms with Crippen molar-refractivity contribution >= 4 is 29.1 Å². The number of piperidine rings is 1. The summed E-state index contributed by atoms with van der Waals surface area (Å²) in [5.41, 5.74) is 0.857. The van der Waals surface area contributed by atoms with Crippen LogP contribution in [-0.2, 0) is 11.2 Å². The largest absolute Gasteiger partial charge is 0.356 e. The van der Waals surface area contributed by atoms with Gasteiger partial charge in [0.25, 0.3) is 0 Å². The van der Waals surface area contributed by atoms with Crippen molar-refractivity contribution < 1.29 is 4.79 Å². The van der Waals surface area contributed by atoms with Gasteiger partial charge in [-0.25, -0.2) is 0 Å². The number of carbonyl (C=O) groups is 1. The van der Waals surface area contributed by atoms with Crippen LogP contribution in [0.3, 0.4) is 0 Å². The van der Waals surface area contributed by atoms with Crippen LogP contribution >= 0.6 is 23.2 Å². The third-order valence-electron chi connectivity index (χ3n) is 4.83. The van der Waals surface area contributed by atoms with E-state index in [1.54, 1.807) is 0 Å². The molecule has 2 rings (SSSR count). The summed E-state index contributed by atoms with van der Waals surface area (Å²) in [7, 11) is 0. The van der Waals surface area contributed by atoms with Crippen molar-refractivity contribution in [1.82, 2.24) is 10.2 Å². The monoisotopic (exact) mass is 370 g/mol. The summed E-state index contributed by atoms with van der Waals surface area (Å²) in [5.74, 6) is 0.0664. The molecule has 0 saturated carbocycles. The molecule has 1 aliphatic heterocycles. The number of rotatable bonds is 8. The van der Waals surface area contributed by atoms with E-state index in [2.05, 4.69) is 17.1 Å². The highest BCUT2D eigenvalue weighted by atomic mass is 35.5. The quantitative estimate of drug-likeness (QED) is 0.672. The van der Waals surface area contributed by atoms with Gasteiger partial charge in [0.15, 0.2) is 0 Å². The molecular formula is C19H28Cl2N2O. The molecule has 24 heavy (non-hydrogen) atoms. The number of carbonyl (C=O) groups excluding carboxylic acids is 1. The minimum Gasteiger partial charge on any atom is -0.356 e. The Hall–Kier alpha value is -0.770. The van der Waals surface area contributed by atoms with Gasteiger partial charge in [0.2, 0.25) is 5.91 Å². The second kappa shape index (κ2) is 10.3. The zero-order chi connectivity index (χ0) is 17.4. The molecule has 1 unspecified atom stereocenters. The number of nitrogens with zero attached hydrogens (tertiary/aromatic N) is 1. The Bertz CT molecular complexity index is 516. The van der Waals surface area contributed by atoms with Crippen molar-refractivity contribution in [1.29, 1.82) is 0 Å². The van der Waals surface area contributed by atoms with E-state index in [1.807, 2.05) is 18.2 Å². The van der Waals surface area contributed by atoms with Crippen molar-refractivity contribution in [2.75, 3.05) is 19.6 Å². The number of likely N-dealkylation sites (tertiary alicyclic amines) is 1. The summed E-state index contributed by atoms with van der Waals surface area (Å²) in [5, 5.41) is 4.27. The molecular weight excluding hydrogens is 343 g/mol. The summed E-state index contributed by atoms with van der Waals surface area (Å²) in [4.78, 5) is 14.6. The van der Waals surface area contributed by atoms with Crippen LogP contribution in [0.2, 0.25) is 10.0 Å². The van der Waals surface area contributed by atoms with Gasteiger partial charge in [-0.05, 0) is 56.3 Å². The van der Waals surface area contributed by atoms with E-state index in [-0.39, 0.29) is 5.91 Å². The van der Waals surface area contributed by atoms with Gasteiger partial charge in [0, 0.05) is 35.6 Å². The second-order valence-corrected chi connectivity index (χ2v) is 7.31. The topological polar surface area (TPSA) is 32.3 Å². The van der Waals surface area contributed by atoms with E-state index < -0.39 is 0 Å². The van der Waals surface area contributed by atoms with Crippen molar-refractivity contribution in [2.45, 2.75) is 57.9 Å². The Morgan fingerprint density at radius 2 is 2.04 bits per heavy atom. The molecule has 0 aliphatic carbocycles. The van der Waals surface area contributed by atoms with E-state index in [9.17, 15) is 4.79 Å². The Kier molecular flexibility index (Phi) is 8.37. The van der Waals surface area contributed by atoms with Gasteiger partial charge < -0.3 is 10.2 Å². The van der Waals surface area contributed by atoms with E-state index in [0.717, 1.165) is 31.1 Å². The predicted molar refractivity (Wildman–Crippen MR) is 102 cm³/mol. The molecule has 3 nitrogen and oxygen atoms in total. The fourth-order valence-electron chi connectivity index (χ4n) is 3.42. The maximum absolute atomic E-state index is 12.0. The van der Waals surface area contributed by atoms with Gasteiger partial charge in [-0.3, -0.25) is 4.79 Å². The minimum atomic E-state index is 0.0664. The number of nitrogens with one attached hydrogen (secondary N) is 1. The van der Waals surface area contributed by atoms with E-state index in [4.69, 9.17) is 23.2 Å². The van der Waals surface area contributed by atoms with Gasteiger partial charge in [0.1, 0.15) is 0 Å². The zero-order valence-electron chi connectivity index (χ0n) is 14.5. The highest BCUT2D eigenvalue weighted by Crippen LogP contribution is 2.25. The predicted octanol–water partition coefficient (Wildman–Crippen LogP) is 4.70. The average molecular weight is 371 g/mol. The number of halogens is 2. The van der Waals surface area contributed by atoms with Crippen LogP contribution in [0, 0.1) is 0 Å². The van der Waals surface area contributed by atoms with E-state index >= 15 is 0 Å². The molecule has 1 aromatic carbocycles. The summed E-state index contributed by atoms with van der Waals surface area (Å²) < 4.78 is 0. The highest BCUT2D eigenvalue weighted by Gasteiger charge is 2.19. The second-order valence-electron chi connectivity index (χ2n) is 6.50. The molecule has 1 saturated heterocycles. The van der Waals surface area contributed by atoms with Crippen LogP contribution in [0.25, 0.3) is 0 Å². The summed E-state index contributed by atoms with van der Waals surface area (Å²) in [6.07, 6.45) is 7.22. The average Bonchev–Trinajstić information content (AvgIpc) is 2.58. The molecule has 1 aliphatic rings. The number of benzene rings is 1. The minimum absolute atomic E-state index is 0.0664. The van der Waals surface area contributed by atoms with Crippen LogP contribution in [0.15, 0.2) is 18.2 Å². The normalized spacial score (nSPS) is 18.5. The summed E-state index contributed by atoms with van der Waals surface area (Å²) in [6.45, 7) is 5.29. The van der Waals surface area contributed by atoms with E-state index in [1.165, 1.54) is 32.2 Å². The fourth-order valence-corrected chi connectivity index (χ4v) is 4.01. The molecule has 134 valence electrons. The molecule has 1 amide bonds. The highest BCUT2D eigenvalue weighted by molar-refractivity contribution is 6.36. The van der Waals surface area contributed by atoms with E-state index in [0.29, 0.717) is 22.9 Å². The number of amides is 1. The number of hydrogen-bond donors (Lipinski definition) is 1. The van der Waals surface area contributed by atoms with Crippen LogP contribution in [0.4, 0.5) is 0 Å². The summed E-state index contributed by atoms with van der Waals surface area (Å²) >= 11 is 12.3. The third-order valence-corrected chi connectivity index (χ3v) is 5.54. The molecule has 0 aromatic heterocycles. The molecule has 0 radical (unpaired) electrons. The first-order valence-corrected chi connectivity index (χ1v) is 9.81. The lowest BCUT2D eigenvalue weighted by Gasteiger charge is -2.35. The molecule has 5 heteroatoms. The van der Waals surface area contributed by atoms with Gasteiger partial charge >= 0.3 is 0 Å². The van der Waals surface area contributed by atoms with Crippen molar-refractivity contribution in [3.8, 4) is 0 Å². The Balaban J connectivity index is 1.65. The molecule has 1 atom stereocenters. The third kappa shape index (κ3) is 5.94. The van der Waals surface area contributed by atoms with Crippen molar-refractivity contribution in [3.05, 3.63) is 33.8 Å². The maximum Gasteiger partial charge on any atom is 0.220 e. The first kappa shape index (κ1) is 19.6. The van der Waals surface area contributed by atoms with Gasteiger partial charge in [-0.15, -0.1) is 0 Å². The first-order chi connectivity index (χ1) is 11.6. The zero-order valence-corrected chi connectivity index (χ0v) is 16.0.